The second kappa shape index (κ2) is 4.80. The van der Waals surface area contributed by atoms with Crippen LogP contribution in [0.2, 0.25) is 0 Å². The molecule has 0 amide bonds. The van der Waals surface area contributed by atoms with Gasteiger partial charge in [0.25, 0.3) is 0 Å². The van der Waals surface area contributed by atoms with E-state index in [1.54, 1.807) is 6.08 Å². The summed E-state index contributed by atoms with van der Waals surface area (Å²) in [4.78, 5) is 12.2. The number of halogens is 1. The van der Waals surface area contributed by atoms with Crippen molar-refractivity contribution in [2.24, 2.45) is 5.41 Å². The third kappa shape index (κ3) is 2.40. The summed E-state index contributed by atoms with van der Waals surface area (Å²) in [5, 5.41) is 0.710. The first-order valence-corrected chi connectivity index (χ1v) is 5.57. The Morgan fingerprint density at radius 3 is 2.67 bits per heavy atom. The van der Waals surface area contributed by atoms with Gasteiger partial charge in [-0.15, -0.1) is 13.2 Å². The van der Waals surface area contributed by atoms with Crippen LogP contribution in [0.15, 0.2) is 35.9 Å². The number of hydrogen-bond acceptors (Lipinski definition) is 1. The number of hydrogen-bond donors (Lipinski definition) is 0. The van der Waals surface area contributed by atoms with Gasteiger partial charge in [0.2, 0.25) is 0 Å². The van der Waals surface area contributed by atoms with Gasteiger partial charge in [0, 0.05) is 16.0 Å². The molecule has 0 bridgehead atoms. The maximum atomic E-state index is 12.2. The monoisotopic (exact) mass is 224 g/mol. The lowest BCUT2D eigenvalue weighted by Crippen LogP contribution is -2.32. The van der Waals surface area contributed by atoms with E-state index in [2.05, 4.69) is 13.2 Å². The molecule has 15 heavy (non-hydrogen) atoms. The van der Waals surface area contributed by atoms with E-state index in [0.717, 1.165) is 24.8 Å². The molecule has 0 aromatic heterocycles. The van der Waals surface area contributed by atoms with Crippen LogP contribution in [0.3, 0.4) is 0 Å². The van der Waals surface area contributed by atoms with Gasteiger partial charge in [-0.3, -0.25) is 4.79 Å². The molecule has 0 aromatic rings. The molecule has 1 aliphatic rings. The summed E-state index contributed by atoms with van der Waals surface area (Å²) < 4.78 is 0. The van der Waals surface area contributed by atoms with Crippen LogP contribution in [0.4, 0.5) is 0 Å². The van der Waals surface area contributed by atoms with E-state index in [1.165, 1.54) is 0 Å². The van der Waals surface area contributed by atoms with E-state index in [9.17, 15) is 4.79 Å². The van der Waals surface area contributed by atoms with Crippen LogP contribution in [-0.2, 0) is 4.79 Å². The third-order valence-corrected chi connectivity index (χ3v) is 3.41. The summed E-state index contributed by atoms with van der Waals surface area (Å²) in [6, 6.07) is 0. The van der Waals surface area contributed by atoms with Gasteiger partial charge in [-0.25, -0.2) is 0 Å². The van der Waals surface area contributed by atoms with Crippen LogP contribution in [-0.4, -0.2) is 5.78 Å². The molecular formula is C13H17ClO. The topological polar surface area (TPSA) is 17.1 Å². The highest BCUT2D eigenvalue weighted by molar-refractivity contribution is 6.32. The second-order valence-corrected chi connectivity index (χ2v) is 4.72. The normalized spacial score (nSPS) is 26.7. The molecule has 2 heteroatoms. The minimum Gasteiger partial charge on any atom is -0.294 e. The van der Waals surface area contributed by atoms with Crippen LogP contribution >= 0.6 is 11.6 Å². The van der Waals surface area contributed by atoms with Gasteiger partial charge >= 0.3 is 0 Å². The lowest BCUT2D eigenvalue weighted by atomic mass is 9.71. The Morgan fingerprint density at radius 2 is 2.13 bits per heavy atom. The Balaban J connectivity index is 3.00. The smallest absolute Gasteiger partial charge is 0.166 e. The zero-order valence-corrected chi connectivity index (χ0v) is 9.94. The number of carbonyl (C=O) groups excluding carboxylic acids is 1. The van der Waals surface area contributed by atoms with Crippen LogP contribution in [0.1, 0.15) is 32.6 Å². The van der Waals surface area contributed by atoms with Crippen molar-refractivity contribution >= 4 is 17.4 Å². The highest BCUT2D eigenvalue weighted by Gasteiger charge is 2.37. The standard InChI is InChI=1S/C13H17ClO/c1-4-6-10-11(14)7-9-13(3,8-5-2)12(10)15/h4-5H,1-2,6-9H2,3H3. The molecule has 0 radical (unpaired) electrons. The van der Waals surface area contributed by atoms with E-state index in [4.69, 9.17) is 11.6 Å². The van der Waals surface area contributed by atoms with Gasteiger partial charge in [-0.2, -0.15) is 0 Å². The Hall–Kier alpha value is -0.820. The molecule has 1 aliphatic carbocycles. The zero-order chi connectivity index (χ0) is 11.5. The minimum atomic E-state index is -0.307. The average Bonchev–Trinajstić information content (AvgIpc) is 2.20. The van der Waals surface area contributed by atoms with Gasteiger partial charge < -0.3 is 0 Å². The first kappa shape index (κ1) is 12.3. The van der Waals surface area contributed by atoms with Crippen molar-refractivity contribution in [3.8, 4) is 0 Å². The maximum Gasteiger partial charge on any atom is 0.166 e. The van der Waals surface area contributed by atoms with Crippen LogP contribution in [0.25, 0.3) is 0 Å². The van der Waals surface area contributed by atoms with Gasteiger partial charge in [0.15, 0.2) is 5.78 Å². The van der Waals surface area contributed by atoms with E-state index < -0.39 is 0 Å². The van der Waals surface area contributed by atoms with E-state index >= 15 is 0 Å². The van der Waals surface area contributed by atoms with Gasteiger partial charge in [0.05, 0.1) is 0 Å². The van der Waals surface area contributed by atoms with Crippen molar-refractivity contribution < 1.29 is 4.79 Å². The number of ketones is 1. The quantitative estimate of drug-likeness (QED) is 0.660. The molecule has 0 aliphatic heterocycles. The predicted octanol–water partition coefficient (Wildman–Crippen LogP) is 4.00. The van der Waals surface area contributed by atoms with Crippen LogP contribution in [0.5, 0.6) is 0 Å². The maximum absolute atomic E-state index is 12.2. The summed E-state index contributed by atoms with van der Waals surface area (Å²) in [7, 11) is 0. The van der Waals surface area contributed by atoms with Crippen molar-refractivity contribution in [1.82, 2.24) is 0 Å². The molecule has 0 saturated carbocycles. The highest BCUT2D eigenvalue weighted by atomic mass is 35.5. The summed E-state index contributed by atoms with van der Waals surface area (Å²) in [6.07, 6.45) is 6.44. The lowest BCUT2D eigenvalue weighted by molar-refractivity contribution is -0.125. The Bertz CT molecular complexity index is 327. The Kier molecular flexibility index (Phi) is 3.92. The lowest BCUT2D eigenvalue weighted by Gasteiger charge is -2.32. The molecular weight excluding hydrogens is 208 g/mol. The molecule has 82 valence electrons. The van der Waals surface area contributed by atoms with Crippen molar-refractivity contribution in [3.05, 3.63) is 35.9 Å². The number of carbonyl (C=O) groups is 1. The summed E-state index contributed by atoms with van der Waals surface area (Å²) in [6.45, 7) is 9.34. The van der Waals surface area contributed by atoms with E-state index in [0.29, 0.717) is 11.5 Å². The summed E-state index contributed by atoms with van der Waals surface area (Å²) in [5.41, 5.74) is 0.431. The largest absolute Gasteiger partial charge is 0.294 e. The van der Waals surface area contributed by atoms with E-state index in [-0.39, 0.29) is 11.2 Å². The molecule has 0 N–H and O–H groups in total. The van der Waals surface area contributed by atoms with Crippen molar-refractivity contribution in [1.29, 1.82) is 0 Å². The first-order valence-electron chi connectivity index (χ1n) is 5.19. The molecule has 1 nitrogen and oxygen atoms in total. The van der Waals surface area contributed by atoms with Crippen molar-refractivity contribution in [2.75, 3.05) is 0 Å². The molecule has 1 atom stereocenters. The molecule has 0 fully saturated rings. The number of Topliss-reactive ketones (excluding diaryl/α,β-unsaturated/α-hetero) is 1. The molecule has 0 heterocycles. The fourth-order valence-electron chi connectivity index (χ4n) is 2.00. The molecule has 1 unspecified atom stereocenters. The minimum absolute atomic E-state index is 0.165. The average molecular weight is 225 g/mol. The molecule has 0 aromatic carbocycles. The zero-order valence-electron chi connectivity index (χ0n) is 9.18. The van der Waals surface area contributed by atoms with Gasteiger partial charge in [-0.05, 0) is 25.7 Å². The highest BCUT2D eigenvalue weighted by Crippen LogP contribution is 2.41. The Morgan fingerprint density at radius 1 is 1.47 bits per heavy atom. The van der Waals surface area contributed by atoms with E-state index in [1.807, 2.05) is 13.0 Å². The second-order valence-electron chi connectivity index (χ2n) is 4.26. The summed E-state index contributed by atoms with van der Waals surface area (Å²) in [5.74, 6) is 0.165. The Labute approximate surface area is 96.5 Å². The predicted molar refractivity (Wildman–Crippen MR) is 64.9 cm³/mol. The number of rotatable bonds is 4. The fourth-order valence-corrected chi connectivity index (χ4v) is 2.26. The van der Waals surface area contributed by atoms with Crippen molar-refractivity contribution in [2.45, 2.75) is 32.6 Å². The van der Waals surface area contributed by atoms with Crippen molar-refractivity contribution in [3.63, 3.8) is 0 Å². The molecule has 0 saturated heterocycles. The molecule has 1 rings (SSSR count). The molecule has 0 spiro atoms. The SMILES string of the molecule is C=CCC1=C(Cl)CCC(C)(CC=C)C1=O. The summed E-state index contributed by atoms with van der Waals surface area (Å²) >= 11 is 6.07. The van der Waals surface area contributed by atoms with Crippen LogP contribution in [0, 0.1) is 5.41 Å². The van der Waals surface area contributed by atoms with Gasteiger partial charge in [-0.1, -0.05) is 30.7 Å². The number of allylic oxidation sites excluding steroid dienone is 4. The first-order chi connectivity index (χ1) is 7.05. The van der Waals surface area contributed by atoms with Crippen LogP contribution < -0.4 is 0 Å². The third-order valence-electron chi connectivity index (χ3n) is 2.99. The van der Waals surface area contributed by atoms with Gasteiger partial charge in [0.1, 0.15) is 0 Å². The fraction of sp³-hybridized carbons (Fsp3) is 0.462.